The van der Waals surface area contributed by atoms with Crippen molar-refractivity contribution in [1.29, 1.82) is 0 Å². The van der Waals surface area contributed by atoms with Crippen LogP contribution < -0.4 is 10.0 Å². The van der Waals surface area contributed by atoms with E-state index in [1.54, 1.807) is 18.2 Å². The second-order valence-electron chi connectivity index (χ2n) is 11.4. The van der Waals surface area contributed by atoms with Gasteiger partial charge in [0.1, 0.15) is 12.4 Å². The first kappa shape index (κ1) is 33.2. The van der Waals surface area contributed by atoms with Gasteiger partial charge in [-0.3, -0.25) is 9.59 Å². The van der Waals surface area contributed by atoms with E-state index < -0.39 is 22.5 Å². The molecule has 4 rings (SSSR count). The molecule has 4 aromatic rings. The Morgan fingerprint density at radius 2 is 1.77 bits per heavy atom. The molecule has 11 heteroatoms. The summed E-state index contributed by atoms with van der Waals surface area (Å²) in [6, 6.07) is 17.7. The maximum absolute atomic E-state index is 13.3. The molecule has 0 aliphatic rings. The Balaban J connectivity index is 1.67. The molecule has 44 heavy (non-hydrogen) atoms. The minimum absolute atomic E-state index is 0.0213. The molecule has 3 N–H and O–H groups in total. The second kappa shape index (κ2) is 14.4. The van der Waals surface area contributed by atoms with Crippen molar-refractivity contribution >= 4 is 45.5 Å². The van der Waals surface area contributed by atoms with Crippen molar-refractivity contribution in [3.05, 3.63) is 83.2 Å². The smallest absolute Gasteiger partial charge is 0.264 e. The van der Waals surface area contributed by atoms with Crippen LogP contribution in [0.15, 0.2) is 65.6 Å². The molecular weight excluding hydrogens is 597 g/mol. The molecule has 0 spiro atoms. The van der Waals surface area contributed by atoms with Gasteiger partial charge in [0, 0.05) is 35.9 Å². The number of nitrogens with one attached hydrogen (secondary N) is 2. The lowest BCUT2D eigenvalue weighted by molar-refractivity contribution is -0.122. The van der Waals surface area contributed by atoms with Crippen LogP contribution in [0.1, 0.15) is 60.9 Å². The first-order valence-electron chi connectivity index (χ1n) is 14.7. The zero-order valence-corrected chi connectivity index (χ0v) is 27.2. The Morgan fingerprint density at radius 1 is 1.07 bits per heavy atom. The number of carbonyl (C=O) groups excluding carboxylic acids is 2. The number of rotatable bonds is 13. The molecule has 0 aliphatic heterocycles. The summed E-state index contributed by atoms with van der Waals surface area (Å²) in [4.78, 5) is 29.8. The Morgan fingerprint density at radius 3 is 2.41 bits per heavy atom. The summed E-state index contributed by atoms with van der Waals surface area (Å²) < 4.78 is 29.7. The number of hydrogen-bond acceptors (Lipinski definition) is 7. The first-order valence-corrected chi connectivity index (χ1v) is 16.8. The minimum atomic E-state index is -4.18. The fourth-order valence-corrected chi connectivity index (χ4v) is 6.78. The van der Waals surface area contributed by atoms with Crippen LogP contribution in [0.5, 0.6) is 0 Å². The number of aliphatic hydroxyl groups is 1. The molecule has 0 aliphatic carbocycles. The first-order chi connectivity index (χ1) is 21.0. The molecule has 2 amide bonds. The van der Waals surface area contributed by atoms with E-state index in [0.29, 0.717) is 34.9 Å². The number of amides is 2. The second-order valence-corrected chi connectivity index (χ2v) is 13.4. The van der Waals surface area contributed by atoms with Gasteiger partial charge in [0.25, 0.3) is 21.8 Å². The number of benzene rings is 3. The highest BCUT2D eigenvalue weighted by atomic mass is 32.2. The Hall–Kier alpha value is -3.67. The lowest BCUT2D eigenvalue weighted by atomic mass is 10.0. The van der Waals surface area contributed by atoms with Gasteiger partial charge in [-0.25, -0.2) is 18.1 Å². The normalized spacial score (nSPS) is 12.4. The van der Waals surface area contributed by atoms with E-state index in [2.05, 4.69) is 43.3 Å². The van der Waals surface area contributed by atoms with E-state index >= 15 is 0 Å². The van der Waals surface area contributed by atoms with Crippen LogP contribution >= 0.6 is 12.6 Å². The predicted molar refractivity (Wildman–Crippen MR) is 176 cm³/mol. The molecule has 0 fully saturated rings. The topological polar surface area (TPSA) is 130 Å². The number of thiol groups is 1. The van der Waals surface area contributed by atoms with E-state index in [9.17, 15) is 18.0 Å². The zero-order chi connectivity index (χ0) is 32.0. The van der Waals surface area contributed by atoms with Crippen LogP contribution in [0, 0.1) is 12.8 Å². The fraction of sp³-hybridized carbons (Fsp3) is 0.364. The van der Waals surface area contributed by atoms with Crippen molar-refractivity contribution < 1.29 is 23.1 Å². The highest BCUT2D eigenvalue weighted by Crippen LogP contribution is 2.29. The van der Waals surface area contributed by atoms with Crippen LogP contribution in [-0.2, 0) is 27.8 Å². The van der Waals surface area contributed by atoms with Crippen LogP contribution in [0.2, 0.25) is 0 Å². The Bertz CT molecular complexity index is 1750. The highest BCUT2D eigenvalue weighted by molar-refractivity contribution is 7.90. The number of aliphatic hydroxyl groups excluding tert-OH is 1. The number of sulfonamides is 1. The van der Waals surface area contributed by atoms with Crippen molar-refractivity contribution in [3.63, 3.8) is 0 Å². The fourth-order valence-electron chi connectivity index (χ4n) is 5.33. The number of nitrogens with zero attached hydrogens (tertiary/aromatic N) is 2. The molecule has 0 saturated heterocycles. The molecule has 0 saturated carbocycles. The van der Waals surface area contributed by atoms with E-state index in [0.717, 1.165) is 47.2 Å². The van der Waals surface area contributed by atoms with Gasteiger partial charge in [-0.1, -0.05) is 63.2 Å². The van der Waals surface area contributed by atoms with E-state index in [4.69, 9.17) is 10.1 Å². The van der Waals surface area contributed by atoms with Crippen molar-refractivity contribution in [3.8, 4) is 11.1 Å². The zero-order valence-electron chi connectivity index (χ0n) is 25.5. The Kier molecular flexibility index (Phi) is 10.9. The third-order valence-electron chi connectivity index (χ3n) is 7.34. The number of imidazole rings is 1. The summed E-state index contributed by atoms with van der Waals surface area (Å²) in [6.45, 7) is 7.90. The number of fused-ring (bicyclic) bond motifs is 1. The SMILES string of the molecule is CCCc1nc2c(C)cc(C(=O)N[C@@H](CS)CC(C)C)cc2n1Cc1ccc(-c2ccccc2S(=O)(=O)NC(=O)CO)cc1. The monoisotopic (exact) mass is 636 g/mol. The summed E-state index contributed by atoms with van der Waals surface area (Å²) in [5, 5.41) is 12.1. The summed E-state index contributed by atoms with van der Waals surface area (Å²) in [6.07, 6.45) is 2.53. The van der Waals surface area contributed by atoms with Crippen molar-refractivity contribution in [2.75, 3.05) is 12.4 Å². The van der Waals surface area contributed by atoms with Crippen LogP contribution in [0.25, 0.3) is 22.2 Å². The third kappa shape index (κ3) is 7.69. The quantitative estimate of drug-likeness (QED) is 0.155. The maximum Gasteiger partial charge on any atom is 0.264 e. The lowest BCUT2D eigenvalue weighted by Crippen LogP contribution is -2.37. The van der Waals surface area contributed by atoms with E-state index in [1.165, 1.54) is 6.07 Å². The Labute approximate surface area is 264 Å². The molecule has 3 aromatic carbocycles. The van der Waals surface area contributed by atoms with Gasteiger partial charge in [-0.05, 0) is 60.6 Å². The molecule has 0 unspecified atom stereocenters. The van der Waals surface area contributed by atoms with Gasteiger partial charge in [-0.2, -0.15) is 12.6 Å². The lowest BCUT2D eigenvalue weighted by Gasteiger charge is -2.19. The summed E-state index contributed by atoms with van der Waals surface area (Å²) in [5.74, 6) is 0.793. The number of aromatic nitrogens is 2. The number of hydrogen-bond donors (Lipinski definition) is 4. The molecule has 1 atom stereocenters. The molecular formula is C33H40N4O5S2. The van der Waals surface area contributed by atoms with Crippen molar-refractivity contribution in [2.24, 2.45) is 5.92 Å². The van der Waals surface area contributed by atoms with Crippen LogP contribution in [0.3, 0.4) is 0 Å². The average molecular weight is 637 g/mol. The summed E-state index contributed by atoms with van der Waals surface area (Å²) >= 11 is 4.44. The maximum atomic E-state index is 13.3. The molecule has 9 nitrogen and oxygen atoms in total. The van der Waals surface area contributed by atoms with Gasteiger partial charge in [0.15, 0.2) is 0 Å². The number of carbonyl (C=O) groups is 2. The standard InChI is InChI=1S/C33H40N4O5S2/c1-5-8-30-35-32-22(4)16-25(33(40)34-26(20-43)15-21(2)3)17-28(32)37(30)18-23-11-13-24(14-12-23)27-9-6-7-10-29(27)44(41,42)36-31(39)19-38/h6-7,9-14,16-17,21,26,38,43H,5,8,15,18-20H2,1-4H3,(H,34,40)(H,36,39)/t26-/m1/s1. The average Bonchev–Trinajstić information content (AvgIpc) is 3.34. The summed E-state index contributed by atoms with van der Waals surface area (Å²) in [5.41, 5.74) is 5.31. The molecule has 0 radical (unpaired) electrons. The van der Waals surface area contributed by atoms with E-state index in [-0.39, 0.29) is 16.8 Å². The summed E-state index contributed by atoms with van der Waals surface area (Å²) in [7, 11) is -4.18. The number of aryl methyl sites for hydroxylation is 2. The van der Waals surface area contributed by atoms with E-state index in [1.807, 2.05) is 48.0 Å². The molecule has 1 aromatic heterocycles. The van der Waals surface area contributed by atoms with Gasteiger partial charge in [-0.15, -0.1) is 0 Å². The predicted octanol–water partition coefficient (Wildman–Crippen LogP) is 4.88. The van der Waals surface area contributed by atoms with Gasteiger partial charge < -0.3 is 15.0 Å². The molecule has 1 heterocycles. The third-order valence-corrected chi connectivity index (χ3v) is 9.22. The van der Waals surface area contributed by atoms with Gasteiger partial charge in [0.05, 0.1) is 15.9 Å². The van der Waals surface area contributed by atoms with Crippen molar-refractivity contribution in [2.45, 2.75) is 64.4 Å². The van der Waals surface area contributed by atoms with Crippen LogP contribution in [-0.4, -0.2) is 53.3 Å². The van der Waals surface area contributed by atoms with Gasteiger partial charge >= 0.3 is 0 Å². The largest absolute Gasteiger partial charge is 0.387 e. The minimum Gasteiger partial charge on any atom is -0.387 e. The molecule has 0 bridgehead atoms. The van der Waals surface area contributed by atoms with Crippen LogP contribution in [0.4, 0.5) is 0 Å². The van der Waals surface area contributed by atoms with Gasteiger partial charge in [0.2, 0.25) is 0 Å². The highest BCUT2D eigenvalue weighted by Gasteiger charge is 2.22. The molecule has 234 valence electrons. The van der Waals surface area contributed by atoms with Crippen molar-refractivity contribution in [1.82, 2.24) is 19.6 Å².